The average molecular weight is 226 g/mol. The third-order valence-corrected chi connectivity index (χ3v) is 3.40. The van der Waals surface area contributed by atoms with Crippen molar-refractivity contribution in [2.24, 2.45) is 11.8 Å². The Hall–Kier alpha value is -0.770. The van der Waals surface area contributed by atoms with Gasteiger partial charge in [-0.1, -0.05) is 0 Å². The lowest BCUT2D eigenvalue weighted by molar-refractivity contribution is 0.0261. The van der Waals surface area contributed by atoms with Crippen molar-refractivity contribution in [3.8, 4) is 0 Å². The summed E-state index contributed by atoms with van der Waals surface area (Å²) in [6.45, 7) is 7.45. The fourth-order valence-corrected chi connectivity index (χ4v) is 2.74. The molecule has 92 valence electrons. The third-order valence-electron chi connectivity index (χ3n) is 3.40. The molecule has 2 rings (SSSR count). The molecule has 4 nitrogen and oxygen atoms in total. The fourth-order valence-electron chi connectivity index (χ4n) is 2.74. The first-order valence-electron chi connectivity index (χ1n) is 5.94. The molecule has 1 heterocycles. The van der Waals surface area contributed by atoms with Gasteiger partial charge >= 0.3 is 6.09 Å². The Morgan fingerprint density at radius 1 is 1.25 bits per heavy atom. The van der Waals surface area contributed by atoms with E-state index in [9.17, 15) is 4.79 Å². The van der Waals surface area contributed by atoms with Gasteiger partial charge in [0.05, 0.1) is 0 Å². The molecule has 2 aliphatic rings. The number of piperidine rings is 1. The molecule has 1 aliphatic heterocycles. The summed E-state index contributed by atoms with van der Waals surface area (Å²) in [5.41, 5.74) is -0.384. The van der Waals surface area contributed by atoms with E-state index in [0.717, 1.165) is 13.1 Å². The van der Waals surface area contributed by atoms with Crippen LogP contribution in [-0.4, -0.2) is 54.7 Å². The molecule has 0 radical (unpaired) electrons. The molecule has 0 aromatic carbocycles. The van der Waals surface area contributed by atoms with Crippen LogP contribution in [0.4, 0.5) is 4.79 Å². The van der Waals surface area contributed by atoms with E-state index < -0.39 is 0 Å². The van der Waals surface area contributed by atoms with Crippen LogP contribution in [-0.2, 0) is 4.74 Å². The van der Waals surface area contributed by atoms with Gasteiger partial charge in [-0.3, -0.25) is 0 Å². The number of rotatable bonds is 1. The summed E-state index contributed by atoms with van der Waals surface area (Å²) in [5, 5.41) is 0. The molecule has 2 fully saturated rings. The first kappa shape index (κ1) is 11.7. The van der Waals surface area contributed by atoms with E-state index in [4.69, 9.17) is 4.74 Å². The van der Waals surface area contributed by atoms with Gasteiger partial charge in [0.1, 0.15) is 5.60 Å². The topological polar surface area (TPSA) is 32.8 Å². The molecule has 2 atom stereocenters. The Morgan fingerprint density at radius 3 is 2.12 bits per heavy atom. The van der Waals surface area contributed by atoms with Crippen molar-refractivity contribution in [2.45, 2.75) is 32.4 Å². The molecule has 1 aliphatic carbocycles. The maximum atomic E-state index is 11.8. The quantitative estimate of drug-likeness (QED) is 0.678. The molecule has 0 N–H and O–H groups in total. The smallest absolute Gasteiger partial charge is 0.410 e. The normalized spacial score (nSPS) is 32.9. The Kier molecular flexibility index (Phi) is 2.65. The summed E-state index contributed by atoms with van der Waals surface area (Å²) in [5.74, 6) is 1.34. The largest absolute Gasteiger partial charge is 0.444 e. The number of hydrogen-bond acceptors (Lipinski definition) is 3. The minimum absolute atomic E-state index is 0.155. The summed E-state index contributed by atoms with van der Waals surface area (Å²) < 4.78 is 5.36. The van der Waals surface area contributed by atoms with Gasteiger partial charge in [0.2, 0.25) is 0 Å². The van der Waals surface area contributed by atoms with Crippen molar-refractivity contribution in [3.05, 3.63) is 0 Å². The lowest BCUT2D eigenvalue weighted by Gasteiger charge is -2.26. The fraction of sp³-hybridized carbons (Fsp3) is 0.917. The second-order valence-electron chi connectivity index (χ2n) is 6.17. The van der Waals surface area contributed by atoms with Crippen molar-refractivity contribution in [1.82, 2.24) is 9.80 Å². The Balaban J connectivity index is 1.82. The van der Waals surface area contributed by atoms with Crippen LogP contribution in [0, 0.1) is 11.8 Å². The summed E-state index contributed by atoms with van der Waals surface area (Å²) in [7, 11) is 4.22. The molecule has 0 spiro atoms. The summed E-state index contributed by atoms with van der Waals surface area (Å²) in [4.78, 5) is 15.9. The Morgan fingerprint density at radius 2 is 1.75 bits per heavy atom. The van der Waals surface area contributed by atoms with E-state index in [1.165, 1.54) is 0 Å². The minimum atomic E-state index is -0.384. The highest BCUT2D eigenvalue weighted by Crippen LogP contribution is 2.48. The first-order valence-corrected chi connectivity index (χ1v) is 5.94. The molecule has 4 heteroatoms. The van der Waals surface area contributed by atoms with Crippen LogP contribution in [0.2, 0.25) is 0 Å². The van der Waals surface area contributed by atoms with Crippen molar-refractivity contribution in [3.63, 3.8) is 0 Å². The molecule has 1 saturated carbocycles. The lowest BCUT2D eigenvalue weighted by atomic mass is 10.2. The second-order valence-corrected chi connectivity index (χ2v) is 6.17. The van der Waals surface area contributed by atoms with Crippen molar-refractivity contribution < 1.29 is 9.53 Å². The predicted molar refractivity (Wildman–Crippen MR) is 62.3 cm³/mol. The van der Waals surface area contributed by atoms with Crippen LogP contribution in [0.3, 0.4) is 0 Å². The van der Waals surface area contributed by atoms with Crippen LogP contribution in [0.1, 0.15) is 20.8 Å². The van der Waals surface area contributed by atoms with Crippen LogP contribution < -0.4 is 0 Å². The highest BCUT2D eigenvalue weighted by Gasteiger charge is 2.58. The van der Waals surface area contributed by atoms with Crippen LogP contribution in [0.25, 0.3) is 0 Å². The van der Waals surface area contributed by atoms with Gasteiger partial charge in [0.25, 0.3) is 0 Å². The molecule has 1 saturated heterocycles. The third kappa shape index (κ3) is 2.17. The van der Waals surface area contributed by atoms with Gasteiger partial charge in [0, 0.05) is 19.1 Å². The molecule has 0 aromatic heterocycles. The van der Waals surface area contributed by atoms with E-state index in [2.05, 4.69) is 19.0 Å². The molecule has 16 heavy (non-hydrogen) atoms. The molecular weight excluding hydrogens is 204 g/mol. The number of likely N-dealkylation sites (tertiary alicyclic amines) is 1. The SMILES string of the molecule is CN(C)C1[C@@H]2CN(C(=O)OC(C)(C)C)C[C@@H]12. The van der Waals surface area contributed by atoms with Gasteiger partial charge in [-0.15, -0.1) is 0 Å². The van der Waals surface area contributed by atoms with Crippen molar-refractivity contribution >= 4 is 6.09 Å². The highest BCUT2D eigenvalue weighted by atomic mass is 16.6. The van der Waals surface area contributed by atoms with E-state index in [1.54, 1.807) is 0 Å². The lowest BCUT2D eigenvalue weighted by Crippen LogP contribution is -2.39. The Labute approximate surface area is 97.5 Å². The van der Waals surface area contributed by atoms with E-state index in [1.807, 2.05) is 25.7 Å². The number of fused-ring (bicyclic) bond motifs is 1. The van der Waals surface area contributed by atoms with E-state index >= 15 is 0 Å². The molecule has 0 unspecified atom stereocenters. The Bertz CT molecular complexity index is 284. The average Bonchev–Trinajstić information content (AvgIpc) is 2.60. The molecule has 0 aromatic rings. The standard InChI is InChI=1S/C12H22N2O2/c1-12(2,3)16-11(15)14-6-8-9(7-14)10(8)13(4)5/h8-10H,6-7H2,1-5H3/t8-,9-/m1/s1. The van der Waals surface area contributed by atoms with Gasteiger partial charge in [-0.2, -0.15) is 0 Å². The zero-order chi connectivity index (χ0) is 12.1. The molecule has 1 amide bonds. The predicted octanol–water partition coefficient (Wildman–Crippen LogP) is 1.41. The summed E-state index contributed by atoms with van der Waals surface area (Å²) in [6.07, 6.45) is -0.155. The number of carbonyl (C=O) groups excluding carboxylic acids is 1. The number of hydrogen-bond donors (Lipinski definition) is 0. The molecule has 0 bridgehead atoms. The minimum Gasteiger partial charge on any atom is -0.444 e. The van der Waals surface area contributed by atoms with Gasteiger partial charge in [0.15, 0.2) is 0 Å². The number of nitrogens with zero attached hydrogens (tertiary/aromatic N) is 2. The second kappa shape index (κ2) is 3.62. The van der Waals surface area contributed by atoms with Crippen LogP contribution >= 0.6 is 0 Å². The zero-order valence-electron chi connectivity index (χ0n) is 10.9. The number of carbonyl (C=O) groups is 1. The maximum absolute atomic E-state index is 11.8. The summed E-state index contributed by atoms with van der Waals surface area (Å²) >= 11 is 0. The monoisotopic (exact) mass is 226 g/mol. The van der Waals surface area contributed by atoms with Crippen LogP contribution in [0.5, 0.6) is 0 Å². The zero-order valence-corrected chi connectivity index (χ0v) is 10.9. The first-order chi connectivity index (χ1) is 7.29. The highest BCUT2D eigenvalue weighted by molar-refractivity contribution is 5.69. The van der Waals surface area contributed by atoms with Crippen molar-refractivity contribution in [1.29, 1.82) is 0 Å². The maximum Gasteiger partial charge on any atom is 0.410 e. The van der Waals surface area contributed by atoms with Gasteiger partial charge < -0.3 is 14.5 Å². The molecular formula is C12H22N2O2. The summed E-state index contributed by atoms with van der Waals surface area (Å²) in [6, 6.07) is 0.679. The van der Waals surface area contributed by atoms with E-state index in [0.29, 0.717) is 17.9 Å². The van der Waals surface area contributed by atoms with Crippen molar-refractivity contribution in [2.75, 3.05) is 27.2 Å². The van der Waals surface area contributed by atoms with Crippen LogP contribution in [0.15, 0.2) is 0 Å². The van der Waals surface area contributed by atoms with Gasteiger partial charge in [-0.25, -0.2) is 4.79 Å². The van der Waals surface area contributed by atoms with Gasteiger partial charge in [-0.05, 0) is 46.7 Å². The van der Waals surface area contributed by atoms with E-state index in [-0.39, 0.29) is 11.7 Å². The number of amides is 1. The number of ether oxygens (including phenoxy) is 1.